The predicted molar refractivity (Wildman–Crippen MR) is 67.0 cm³/mol. The summed E-state index contributed by atoms with van der Waals surface area (Å²) >= 11 is 0. The molecule has 0 saturated carbocycles. The molecule has 1 amide bonds. The summed E-state index contributed by atoms with van der Waals surface area (Å²) in [6, 6.07) is -0.688. The summed E-state index contributed by atoms with van der Waals surface area (Å²) in [7, 11) is 0. The second-order valence-corrected chi connectivity index (χ2v) is 5.86. The summed E-state index contributed by atoms with van der Waals surface area (Å²) in [5.74, 6) is 0. The van der Waals surface area contributed by atoms with Gasteiger partial charge in [0.15, 0.2) is 0 Å². The number of rotatable bonds is 2. The minimum atomic E-state index is -1.33. The molecule has 4 nitrogen and oxygen atoms in total. The number of amides is 1. The Hall–Kier alpha value is -1.10. The Bertz CT molecular complexity index is 336. The number of ether oxygens (including phenoxy) is 2. The number of alkyl halides is 1. The predicted octanol–water partition coefficient (Wildman–Crippen LogP) is 2.88. The van der Waals surface area contributed by atoms with E-state index in [4.69, 9.17) is 9.47 Å². The van der Waals surface area contributed by atoms with Crippen LogP contribution >= 0.6 is 0 Å². The molecule has 1 fully saturated rings. The normalized spacial score (nSPS) is 24.8. The summed E-state index contributed by atoms with van der Waals surface area (Å²) in [6.07, 6.45) is -0.730. The van der Waals surface area contributed by atoms with Crippen LogP contribution in [0.2, 0.25) is 0 Å². The van der Waals surface area contributed by atoms with Crippen LogP contribution in [0.15, 0.2) is 12.7 Å². The molecular weight excluding hydrogens is 237 g/mol. The summed E-state index contributed by atoms with van der Waals surface area (Å²) in [5, 5.41) is 0. The number of hydrogen-bond acceptors (Lipinski definition) is 3. The average Bonchev–Trinajstić information content (AvgIpc) is 2.50. The highest BCUT2D eigenvalue weighted by Crippen LogP contribution is 2.31. The van der Waals surface area contributed by atoms with Crippen molar-refractivity contribution in [2.45, 2.75) is 58.2 Å². The standard InChI is InChI=1S/C13H22FNO3/c1-7-9(14)10-8-17-13(5,6)15(10)11(16)18-12(2,3)4/h7,9-10H,1,8H2,2-6H3/t9?,10-/m0/s1. The second-order valence-electron chi connectivity index (χ2n) is 5.86. The lowest BCUT2D eigenvalue weighted by Crippen LogP contribution is -2.52. The number of hydrogen-bond donors (Lipinski definition) is 0. The van der Waals surface area contributed by atoms with Gasteiger partial charge in [-0.1, -0.05) is 6.08 Å². The zero-order chi connectivity index (χ0) is 14.1. The maximum atomic E-state index is 13.8. The Balaban J connectivity index is 2.92. The van der Waals surface area contributed by atoms with Crippen molar-refractivity contribution >= 4 is 6.09 Å². The summed E-state index contributed by atoms with van der Waals surface area (Å²) in [6.45, 7) is 12.3. The zero-order valence-electron chi connectivity index (χ0n) is 11.7. The van der Waals surface area contributed by atoms with Gasteiger partial charge in [-0.3, -0.25) is 4.90 Å². The molecule has 1 saturated heterocycles. The third-order valence-electron chi connectivity index (χ3n) is 2.70. The van der Waals surface area contributed by atoms with Gasteiger partial charge in [0.25, 0.3) is 0 Å². The number of halogens is 1. The van der Waals surface area contributed by atoms with Crippen molar-refractivity contribution in [1.29, 1.82) is 0 Å². The van der Waals surface area contributed by atoms with Crippen molar-refractivity contribution in [3.63, 3.8) is 0 Å². The topological polar surface area (TPSA) is 38.8 Å². The highest BCUT2D eigenvalue weighted by molar-refractivity contribution is 5.70. The van der Waals surface area contributed by atoms with Crippen molar-refractivity contribution in [2.24, 2.45) is 0 Å². The van der Waals surface area contributed by atoms with Crippen LogP contribution in [0, 0.1) is 0 Å². The van der Waals surface area contributed by atoms with E-state index in [0.29, 0.717) is 0 Å². The Morgan fingerprint density at radius 3 is 2.61 bits per heavy atom. The Labute approximate surface area is 108 Å². The molecule has 0 aromatic heterocycles. The minimum absolute atomic E-state index is 0.138. The molecule has 1 heterocycles. The first kappa shape index (κ1) is 15.0. The van der Waals surface area contributed by atoms with Gasteiger partial charge in [0, 0.05) is 0 Å². The molecule has 0 bridgehead atoms. The van der Waals surface area contributed by atoms with Crippen molar-refractivity contribution in [1.82, 2.24) is 4.90 Å². The molecule has 0 spiro atoms. The Morgan fingerprint density at radius 1 is 1.61 bits per heavy atom. The third-order valence-corrected chi connectivity index (χ3v) is 2.70. The molecule has 0 aliphatic carbocycles. The maximum Gasteiger partial charge on any atom is 0.413 e. The van der Waals surface area contributed by atoms with Crippen LogP contribution in [0.1, 0.15) is 34.6 Å². The molecule has 18 heavy (non-hydrogen) atoms. The second kappa shape index (κ2) is 4.88. The molecular formula is C13H22FNO3. The molecule has 0 N–H and O–H groups in total. The minimum Gasteiger partial charge on any atom is -0.444 e. The lowest BCUT2D eigenvalue weighted by molar-refractivity contribution is -0.0642. The van der Waals surface area contributed by atoms with Gasteiger partial charge in [-0.2, -0.15) is 0 Å². The van der Waals surface area contributed by atoms with Gasteiger partial charge in [-0.05, 0) is 34.6 Å². The van der Waals surface area contributed by atoms with Crippen LogP contribution in [0.5, 0.6) is 0 Å². The first-order valence-electron chi connectivity index (χ1n) is 6.01. The van der Waals surface area contributed by atoms with E-state index in [1.165, 1.54) is 11.0 Å². The molecule has 104 valence electrons. The van der Waals surface area contributed by atoms with E-state index in [2.05, 4.69) is 6.58 Å². The van der Waals surface area contributed by atoms with Gasteiger partial charge in [-0.25, -0.2) is 9.18 Å². The molecule has 2 atom stereocenters. The van der Waals surface area contributed by atoms with E-state index < -0.39 is 29.6 Å². The summed E-state index contributed by atoms with van der Waals surface area (Å²) < 4.78 is 24.5. The Morgan fingerprint density at radius 2 is 2.17 bits per heavy atom. The van der Waals surface area contributed by atoms with Gasteiger partial charge in [0.2, 0.25) is 0 Å². The van der Waals surface area contributed by atoms with Crippen molar-refractivity contribution in [3.8, 4) is 0 Å². The van der Waals surface area contributed by atoms with E-state index in [1.54, 1.807) is 34.6 Å². The molecule has 1 aliphatic rings. The van der Waals surface area contributed by atoms with E-state index in [-0.39, 0.29) is 6.61 Å². The highest BCUT2D eigenvalue weighted by Gasteiger charge is 2.48. The number of nitrogens with zero attached hydrogens (tertiary/aromatic N) is 1. The van der Waals surface area contributed by atoms with Crippen LogP contribution in [-0.2, 0) is 9.47 Å². The molecule has 0 aromatic carbocycles. The van der Waals surface area contributed by atoms with Crippen LogP contribution in [0.3, 0.4) is 0 Å². The SMILES string of the molecule is C=CC(F)[C@@H]1COC(C)(C)N1C(=O)OC(C)(C)C. The van der Waals surface area contributed by atoms with E-state index >= 15 is 0 Å². The first-order valence-corrected chi connectivity index (χ1v) is 6.01. The fourth-order valence-electron chi connectivity index (χ4n) is 1.89. The van der Waals surface area contributed by atoms with Crippen LogP contribution in [-0.4, -0.2) is 41.1 Å². The first-order chi connectivity index (χ1) is 8.08. The molecule has 1 aliphatic heterocycles. The molecule has 0 aromatic rings. The largest absolute Gasteiger partial charge is 0.444 e. The van der Waals surface area contributed by atoms with E-state index in [1.807, 2.05) is 0 Å². The molecule has 1 rings (SSSR count). The van der Waals surface area contributed by atoms with Crippen LogP contribution in [0.4, 0.5) is 9.18 Å². The average molecular weight is 259 g/mol. The summed E-state index contributed by atoms with van der Waals surface area (Å²) in [4.78, 5) is 13.4. The molecule has 0 radical (unpaired) electrons. The van der Waals surface area contributed by atoms with Crippen LogP contribution < -0.4 is 0 Å². The fraction of sp³-hybridized carbons (Fsp3) is 0.769. The van der Waals surface area contributed by atoms with Gasteiger partial charge in [0.05, 0.1) is 12.6 Å². The zero-order valence-corrected chi connectivity index (χ0v) is 11.7. The monoisotopic (exact) mass is 259 g/mol. The third kappa shape index (κ3) is 3.22. The highest BCUT2D eigenvalue weighted by atomic mass is 19.1. The van der Waals surface area contributed by atoms with Crippen molar-refractivity contribution in [2.75, 3.05) is 6.61 Å². The molecule has 1 unspecified atom stereocenters. The Kier molecular flexibility index (Phi) is 4.05. The van der Waals surface area contributed by atoms with Crippen LogP contribution in [0.25, 0.3) is 0 Å². The van der Waals surface area contributed by atoms with Gasteiger partial charge < -0.3 is 9.47 Å². The van der Waals surface area contributed by atoms with Gasteiger partial charge in [-0.15, -0.1) is 6.58 Å². The number of carbonyl (C=O) groups excluding carboxylic acids is 1. The lowest BCUT2D eigenvalue weighted by Gasteiger charge is -2.35. The lowest BCUT2D eigenvalue weighted by atomic mass is 10.1. The maximum absolute atomic E-state index is 13.8. The summed E-state index contributed by atoms with van der Waals surface area (Å²) in [5.41, 5.74) is -1.50. The number of carbonyl (C=O) groups is 1. The van der Waals surface area contributed by atoms with E-state index in [0.717, 1.165) is 0 Å². The smallest absolute Gasteiger partial charge is 0.413 e. The van der Waals surface area contributed by atoms with Gasteiger partial charge >= 0.3 is 6.09 Å². The van der Waals surface area contributed by atoms with Gasteiger partial charge in [0.1, 0.15) is 17.5 Å². The van der Waals surface area contributed by atoms with E-state index in [9.17, 15) is 9.18 Å². The fourth-order valence-corrected chi connectivity index (χ4v) is 1.89. The van der Waals surface area contributed by atoms with Crippen molar-refractivity contribution in [3.05, 3.63) is 12.7 Å². The quantitative estimate of drug-likeness (QED) is 0.716. The van der Waals surface area contributed by atoms with Crippen molar-refractivity contribution < 1.29 is 18.7 Å². The molecule has 5 heteroatoms.